The minimum Gasteiger partial charge on any atom is -0.490 e. The van der Waals surface area contributed by atoms with Crippen molar-refractivity contribution in [3.05, 3.63) is 90.0 Å². The van der Waals surface area contributed by atoms with E-state index in [4.69, 9.17) is 14.6 Å². The summed E-state index contributed by atoms with van der Waals surface area (Å²) in [7, 11) is -3.73. The van der Waals surface area contributed by atoms with Gasteiger partial charge in [0, 0.05) is 12.1 Å². The van der Waals surface area contributed by atoms with Crippen molar-refractivity contribution in [2.24, 2.45) is 5.14 Å². The Morgan fingerprint density at radius 1 is 0.833 bits per heavy atom. The van der Waals surface area contributed by atoms with Crippen LogP contribution in [-0.4, -0.2) is 27.5 Å². The molecule has 0 aliphatic carbocycles. The molecule has 0 saturated carbocycles. The number of carbonyl (C=O) groups excluding carboxylic acids is 1. The molecule has 0 spiro atoms. The molecule has 3 rings (SSSR count). The van der Waals surface area contributed by atoms with Crippen LogP contribution in [-0.2, 0) is 16.6 Å². The van der Waals surface area contributed by atoms with Crippen LogP contribution in [0.1, 0.15) is 15.9 Å². The van der Waals surface area contributed by atoms with Crippen LogP contribution in [0.3, 0.4) is 0 Å². The van der Waals surface area contributed by atoms with Crippen molar-refractivity contribution in [2.45, 2.75) is 11.4 Å². The van der Waals surface area contributed by atoms with E-state index in [1.165, 1.54) is 12.1 Å². The molecule has 0 atom stereocenters. The van der Waals surface area contributed by atoms with Crippen LogP contribution in [0, 0.1) is 0 Å². The van der Waals surface area contributed by atoms with E-state index in [2.05, 4.69) is 5.32 Å². The smallest absolute Gasteiger partial charge is 0.251 e. The zero-order valence-corrected chi connectivity index (χ0v) is 17.0. The molecule has 3 N–H and O–H groups in total. The molecule has 156 valence electrons. The molecule has 0 aliphatic rings. The Balaban J connectivity index is 1.49. The SMILES string of the molecule is NS(=O)(=O)c1ccc(CNC(=O)c2cccc(OCCOc3ccccc3)c2)cc1. The molecule has 0 aromatic heterocycles. The average Bonchev–Trinajstić information content (AvgIpc) is 2.76. The number of rotatable bonds is 9. The van der Waals surface area contributed by atoms with Crippen LogP contribution in [0.2, 0.25) is 0 Å². The number of hydrogen-bond donors (Lipinski definition) is 2. The molecule has 8 heteroatoms. The second kappa shape index (κ2) is 9.91. The quantitative estimate of drug-likeness (QED) is 0.512. The molecule has 0 bridgehead atoms. The third kappa shape index (κ3) is 6.33. The lowest BCUT2D eigenvalue weighted by atomic mass is 10.2. The molecule has 3 aromatic rings. The Hall–Kier alpha value is -3.36. The van der Waals surface area contributed by atoms with E-state index >= 15 is 0 Å². The van der Waals surface area contributed by atoms with Crippen LogP contribution in [0.25, 0.3) is 0 Å². The van der Waals surface area contributed by atoms with Crippen molar-refractivity contribution in [3.8, 4) is 11.5 Å². The third-order valence-corrected chi connectivity index (χ3v) is 5.09. The molecular weight excluding hydrogens is 404 g/mol. The van der Waals surface area contributed by atoms with E-state index in [9.17, 15) is 13.2 Å². The number of para-hydroxylation sites is 1. The highest BCUT2D eigenvalue weighted by atomic mass is 32.2. The molecule has 0 aliphatic heterocycles. The molecule has 7 nitrogen and oxygen atoms in total. The summed E-state index contributed by atoms with van der Waals surface area (Å²) in [4.78, 5) is 12.4. The number of sulfonamides is 1. The second-order valence-electron chi connectivity index (χ2n) is 6.41. The lowest BCUT2D eigenvalue weighted by molar-refractivity contribution is 0.0950. The number of hydrogen-bond acceptors (Lipinski definition) is 5. The van der Waals surface area contributed by atoms with Crippen molar-refractivity contribution in [1.29, 1.82) is 0 Å². The van der Waals surface area contributed by atoms with Gasteiger partial charge in [0.2, 0.25) is 10.0 Å². The van der Waals surface area contributed by atoms with Crippen LogP contribution in [0.15, 0.2) is 83.8 Å². The van der Waals surface area contributed by atoms with Crippen molar-refractivity contribution in [2.75, 3.05) is 13.2 Å². The summed E-state index contributed by atoms with van der Waals surface area (Å²) in [6.07, 6.45) is 0. The molecule has 0 saturated heterocycles. The summed E-state index contributed by atoms with van der Waals surface area (Å²) >= 11 is 0. The highest BCUT2D eigenvalue weighted by Crippen LogP contribution is 2.14. The van der Waals surface area contributed by atoms with Gasteiger partial charge in [-0.05, 0) is 48.0 Å². The topological polar surface area (TPSA) is 108 Å². The van der Waals surface area contributed by atoms with Crippen molar-refractivity contribution < 1.29 is 22.7 Å². The standard InChI is InChI=1S/C22H22N2O5S/c23-30(26,27)21-11-9-17(10-12-21)16-24-22(25)18-5-4-8-20(15-18)29-14-13-28-19-6-2-1-3-7-19/h1-12,15H,13-14,16H2,(H,24,25)(H2,23,26,27). The number of ether oxygens (including phenoxy) is 2. The van der Waals surface area contributed by atoms with Gasteiger partial charge in [-0.3, -0.25) is 4.79 Å². The third-order valence-electron chi connectivity index (χ3n) is 4.17. The fraction of sp³-hybridized carbons (Fsp3) is 0.136. The Morgan fingerprint density at radius 2 is 1.47 bits per heavy atom. The van der Waals surface area contributed by atoms with Gasteiger partial charge in [-0.2, -0.15) is 0 Å². The minimum atomic E-state index is -3.73. The Morgan fingerprint density at radius 3 is 2.13 bits per heavy atom. The van der Waals surface area contributed by atoms with E-state index in [-0.39, 0.29) is 17.3 Å². The Bertz CT molecular complexity index is 1080. The first-order valence-electron chi connectivity index (χ1n) is 9.22. The molecule has 30 heavy (non-hydrogen) atoms. The maximum absolute atomic E-state index is 12.4. The molecule has 1 amide bonds. The summed E-state index contributed by atoms with van der Waals surface area (Å²) in [5.74, 6) is 1.07. The van der Waals surface area contributed by atoms with Crippen LogP contribution >= 0.6 is 0 Å². The molecule has 0 radical (unpaired) electrons. The van der Waals surface area contributed by atoms with Gasteiger partial charge in [-0.25, -0.2) is 13.6 Å². The maximum Gasteiger partial charge on any atom is 0.251 e. The number of carbonyl (C=O) groups is 1. The summed E-state index contributed by atoms with van der Waals surface area (Å²) in [6.45, 7) is 0.977. The Kier molecular flexibility index (Phi) is 7.05. The van der Waals surface area contributed by atoms with Crippen molar-refractivity contribution >= 4 is 15.9 Å². The molecule has 0 unspecified atom stereocenters. The van der Waals surface area contributed by atoms with Crippen molar-refractivity contribution in [1.82, 2.24) is 5.32 Å². The van der Waals surface area contributed by atoms with Gasteiger partial charge < -0.3 is 14.8 Å². The number of nitrogens with two attached hydrogens (primary N) is 1. The van der Waals surface area contributed by atoms with E-state index in [1.807, 2.05) is 30.3 Å². The predicted octanol–water partition coefficient (Wildman–Crippen LogP) is 2.72. The molecular formula is C22H22N2O5S. The average molecular weight is 426 g/mol. The lowest BCUT2D eigenvalue weighted by Gasteiger charge is -2.10. The minimum absolute atomic E-state index is 0.0265. The van der Waals surface area contributed by atoms with E-state index < -0.39 is 10.0 Å². The fourth-order valence-electron chi connectivity index (χ4n) is 2.64. The van der Waals surface area contributed by atoms with Crippen LogP contribution in [0.5, 0.6) is 11.5 Å². The molecule has 0 fully saturated rings. The largest absolute Gasteiger partial charge is 0.490 e. The van der Waals surface area contributed by atoms with Crippen molar-refractivity contribution in [3.63, 3.8) is 0 Å². The van der Waals surface area contributed by atoms with E-state index in [0.29, 0.717) is 24.5 Å². The summed E-state index contributed by atoms with van der Waals surface area (Å²) in [5.41, 5.74) is 1.21. The van der Waals surface area contributed by atoms with Gasteiger partial charge in [0.15, 0.2) is 0 Å². The number of nitrogens with one attached hydrogen (secondary N) is 1. The number of primary sulfonamides is 1. The second-order valence-corrected chi connectivity index (χ2v) is 7.97. The summed E-state index contributed by atoms with van der Waals surface area (Å²) < 4.78 is 33.8. The van der Waals surface area contributed by atoms with E-state index in [1.54, 1.807) is 36.4 Å². The molecule has 0 heterocycles. The molecule has 3 aromatic carbocycles. The zero-order chi connectivity index (χ0) is 21.4. The van der Waals surface area contributed by atoms with Gasteiger partial charge in [0.1, 0.15) is 24.7 Å². The van der Waals surface area contributed by atoms with Gasteiger partial charge in [-0.1, -0.05) is 36.4 Å². The number of amides is 1. The van der Waals surface area contributed by atoms with Gasteiger partial charge in [-0.15, -0.1) is 0 Å². The van der Waals surface area contributed by atoms with Crippen LogP contribution < -0.4 is 19.9 Å². The summed E-state index contributed by atoms with van der Waals surface area (Å²) in [6, 6.07) is 22.3. The van der Waals surface area contributed by atoms with E-state index in [0.717, 1.165) is 11.3 Å². The van der Waals surface area contributed by atoms with Gasteiger partial charge in [0.05, 0.1) is 4.90 Å². The van der Waals surface area contributed by atoms with Crippen LogP contribution in [0.4, 0.5) is 0 Å². The highest BCUT2D eigenvalue weighted by Gasteiger charge is 2.09. The first-order chi connectivity index (χ1) is 14.4. The normalized spacial score (nSPS) is 11.0. The monoisotopic (exact) mass is 426 g/mol. The maximum atomic E-state index is 12.4. The summed E-state index contributed by atoms with van der Waals surface area (Å²) in [5, 5.41) is 7.86. The Labute approximate surface area is 175 Å². The number of benzene rings is 3. The first kappa shape index (κ1) is 21.4. The zero-order valence-electron chi connectivity index (χ0n) is 16.2. The fourth-order valence-corrected chi connectivity index (χ4v) is 3.16. The highest BCUT2D eigenvalue weighted by molar-refractivity contribution is 7.89. The first-order valence-corrected chi connectivity index (χ1v) is 10.8. The van der Waals surface area contributed by atoms with Gasteiger partial charge in [0.25, 0.3) is 5.91 Å². The van der Waals surface area contributed by atoms with Gasteiger partial charge >= 0.3 is 0 Å². The predicted molar refractivity (Wildman–Crippen MR) is 113 cm³/mol. The lowest BCUT2D eigenvalue weighted by Crippen LogP contribution is -2.23.